The van der Waals surface area contributed by atoms with Crippen LogP contribution < -0.4 is 4.90 Å². The van der Waals surface area contributed by atoms with E-state index in [1.54, 1.807) is 24.3 Å². The molecule has 194 valence electrons. The number of hydrogen-bond acceptors (Lipinski definition) is 2. The predicted molar refractivity (Wildman–Crippen MR) is 123 cm³/mol. The number of rotatable bonds is 5. The number of imidazole rings is 1. The van der Waals surface area contributed by atoms with Gasteiger partial charge >= 0.3 is 12.4 Å². The zero-order valence-corrected chi connectivity index (χ0v) is 19.6. The summed E-state index contributed by atoms with van der Waals surface area (Å²) < 4.78 is 108. The van der Waals surface area contributed by atoms with Crippen molar-refractivity contribution in [3.05, 3.63) is 94.8 Å². The van der Waals surface area contributed by atoms with Crippen LogP contribution in [0.2, 0.25) is 0 Å². The van der Waals surface area contributed by atoms with Gasteiger partial charge in [-0.25, -0.2) is 13.8 Å². The van der Waals surface area contributed by atoms with E-state index >= 15 is 0 Å². The van der Waals surface area contributed by atoms with Crippen molar-refractivity contribution in [3.8, 4) is 0 Å². The van der Waals surface area contributed by atoms with Crippen molar-refractivity contribution in [3.63, 3.8) is 0 Å². The van der Waals surface area contributed by atoms with Gasteiger partial charge in [0.2, 0.25) is 0 Å². The van der Waals surface area contributed by atoms with Crippen LogP contribution in [0.25, 0.3) is 11.0 Å². The van der Waals surface area contributed by atoms with E-state index in [9.17, 15) is 35.1 Å². The number of hydrogen-bond donors (Lipinski definition) is 1. The van der Waals surface area contributed by atoms with Crippen LogP contribution >= 0.6 is 24.8 Å². The van der Waals surface area contributed by atoms with Crippen LogP contribution in [0, 0.1) is 11.6 Å². The second kappa shape index (κ2) is 10.9. The number of para-hydroxylation sites is 2. The molecule has 0 unspecified atom stereocenters. The van der Waals surface area contributed by atoms with Gasteiger partial charge in [-0.2, -0.15) is 26.3 Å². The Labute approximate surface area is 212 Å². The highest BCUT2D eigenvalue weighted by Crippen LogP contribution is 2.39. The van der Waals surface area contributed by atoms with Crippen LogP contribution in [0.1, 0.15) is 22.5 Å². The molecule has 0 fully saturated rings. The summed E-state index contributed by atoms with van der Waals surface area (Å²) in [5.74, 6) is -1.63. The Bertz CT molecular complexity index is 1270. The van der Waals surface area contributed by atoms with Crippen LogP contribution in [-0.2, 0) is 25.4 Å². The summed E-state index contributed by atoms with van der Waals surface area (Å²) in [5, 5.41) is 0. The molecular weight excluding hydrogens is 541 g/mol. The third kappa shape index (κ3) is 6.58. The van der Waals surface area contributed by atoms with Gasteiger partial charge in [-0.05, 0) is 36.4 Å². The first-order valence-electron chi connectivity index (χ1n) is 9.82. The van der Waals surface area contributed by atoms with Gasteiger partial charge < -0.3 is 9.88 Å². The minimum atomic E-state index is -5.05. The molecule has 0 saturated heterocycles. The topological polar surface area (TPSA) is 31.9 Å². The minimum absolute atomic E-state index is 0. The molecule has 0 aliphatic carbocycles. The molecule has 13 heteroatoms. The molecule has 3 nitrogen and oxygen atoms in total. The van der Waals surface area contributed by atoms with Gasteiger partial charge in [-0.15, -0.1) is 24.8 Å². The number of alkyl halides is 6. The first-order chi connectivity index (χ1) is 15.9. The number of benzene rings is 3. The van der Waals surface area contributed by atoms with E-state index in [1.165, 1.54) is 0 Å². The third-order valence-electron chi connectivity index (χ3n) is 5.09. The number of H-pyrrole nitrogens is 1. The van der Waals surface area contributed by atoms with Crippen LogP contribution in [0.4, 0.5) is 40.8 Å². The summed E-state index contributed by atoms with van der Waals surface area (Å²) in [4.78, 5) is 8.36. The summed E-state index contributed by atoms with van der Waals surface area (Å²) in [6, 6.07) is 10.5. The van der Waals surface area contributed by atoms with E-state index in [0.29, 0.717) is 29.2 Å². The second-order valence-electron chi connectivity index (χ2n) is 7.56. The Kier molecular flexibility index (Phi) is 8.85. The van der Waals surface area contributed by atoms with E-state index in [-0.39, 0.29) is 48.8 Å². The SMILES string of the molecule is Cl.Cl.Fc1ccc(CN(Cc2nc3ccccc3[nH]2)c2cc(C(F)(F)F)cc(C(F)(F)F)c2)c(F)c1. The first-order valence-corrected chi connectivity index (χ1v) is 9.82. The number of nitrogens with zero attached hydrogens (tertiary/aromatic N) is 2. The van der Waals surface area contributed by atoms with Crippen LogP contribution in [0.15, 0.2) is 60.7 Å². The molecule has 0 saturated carbocycles. The largest absolute Gasteiger partial charge is 0.416 e. The van der Waals surface area contributed by atoms with Gasteiger partial charge in [0.15, 0.2) is 0 Å². The smallest absolute Gasteiger partial charge is 0.360 e. The molecule has 1 heterocycles. The molecule has 36 heavy (non-hydrogen) atoms. The zero-order chi connectivity index (χ0) is 24.7. The van der Waals surface area contributed by atoms with Crippen molar-refractivity contribution in [2.45, 2.75) is 25.4 Å². The minimum Gasteiger partial charge on any atom is -0.360 e. The van der Waals surface area contributed by atoms with Crippen molar-refractivity contribution < 1.29 is 35.1 Å². The van der Waals surface area contributed by atoms with Gasteiger partial charge in [0, 0.05) is 23.9 Å². The molecule has 0 atom stereocenters. The lowest BCUT2D eigenvalue weighted by atomic mass is 10.1. The Hall–Kier alpha value is -3.05. The molecule has 0 radical (unpaired) electrons. The van der Waals surface area contributed by atoms with E-state index in [1.807, 2.05) is 0 Å². The quantitative estimate of drug-likeness (QED) is 0.253. The fourth-order valence-electron chi connectivity index (χ4n) is 3.48. The van der Waals surface area contributed by atoms with Gasteiger partial charge in [0.05, 0.1) is 28.7 Å². The Morgan fingerprint density at radius 3 is 1.92 bits per heavy atom. The fraction of sp³-hybridized carbons (Fsp3) is 0.174. The summed E-state index contributed by atoms with van der Waals surface area (Å²) in [5.41, 5.74) is -2.45. The van der Waals surface area contributed by atoms with Gasteiger partial charge in [-0.1, -0.05) is 18.2 Å². The number of halogens is 10. The number of aromatic nitrogens is 2. The highest BCUT2D eigenvalue weighted by molar-refractivity contribution is 5.85. The molecule has 3 aromatic carbocycles. The predicted octanol–water partition coefficient (Wildman–Crippen LogP) is 7.93. The Morgan fingerprint density at radius 2 is 1.36 bits per heavy atom. The van der Waals surface area contributed by atoms with Crippen molar-refractivity contribution in [2.24, 2.45) is 0 Å². The monoisotopic (exact) mass is 557 g/mol. The third-order valence-corrected chi connectivity index (χ3v) is 5.09. The number of aromatic amines is 1. The number of fused-ring (bicyclic) bond motifs is 1. The molecule has 0 aliphatic heterocycles. The van der Waals surface area contributed by atoms with Gasteiger partial charge in [0.1, 0.15) is 17.5 Å². The molecule has 0 amide bonds. The summed E-state index contributed by atoms with van der Waals surface area (Å²) in [7, 11) is 0. The van der Waals surface area contributed by atoms with E-state index in [2.05, 4.69) is 9.97 Å². The van der Waals surface area contributed by atoms with Crippen molar-refractivity contribution in [1.82, 2.24) is 9.97 Å². The lowest BCUT2D eigenvalue weighted by Gasteiger charge is -2.26. The van der Waals surface area contributed by atoms with Gasteiger partial charge in [0.25, 0.3) is 0 Å². The second-order valence-corrected chi connectivity index (χ2v) is 7.56. The van der Waals surface area contributed by atoms with Crippen molar-refractivity contribution in [2.75, 3.05) is 4.90 Å². The fourth-order valence-corrected chi connectivity index (χ4v) is 3.48. The molecule has 0 spiro atoms. The summed E-state index contributed by atoms with van der Waals surface area (Å²) >= 11 is 0. The maximum atomic E-state index is 14.3. The standard InChI is InChI=1S/C23H15F8N3.2ClH/c24-16-6-5-13(18(25)10-16)11-34(12-21-32-19-3-1-2-4-20(19)33-21)17-8-14(22(26,27)28)7-15(9-17)23(29,30)31;;/h1-10H,11-12H2,(H,32,33);2*1H. The molecule has 1 aromatic heterocycles. The average molecular weight is 558 g/mol. The maximum absolute atomic E-state index is 14.3. The molecule has 4 aromatic rings. The van der Waals surface area contributed by atoms with E-state index < -0.39 is 47.3 Å². The van der Waals surface area contributed by atoms with Crippen LogP contribution in [-0.4, -0.2) is 9.97 Å². The molecular formula is C23H17Cl2F8N3. The highest BCUT2D eigenvalue weighted by Gasteiger charge is 2.37. The highest BCUT2D eigenvalue weighted by atomic mass is 35.5. The Morgan fingerprint density at radius 1 is 0.750 bits per heavy atom. The van der Waals surface area contributed by atoms with Crippen LogP contribution in [0.5, 0.6) is 0 Å². The van der Waals surface area contributed by atoms with Crippen molar-refractivity contribution >= 4 is 41.5 Å². The molecule has 0 bridgehead atoms. The summed E-state index contributed by atoms with van der Waals surface area (Å²) in [6.45, 7) is -0.716. The lowest BCUT2D eigenvalue weighted by molar-refractivity contribution is -0.143. The number of anilines is 1. The lowest BCUT2D eigenvalue weighted by Crippen LogP contribution is -2.25. The summed E-state index contributed by atoms with van der Waals surface area (Å²) in [6.07, 6.45) is -10.1. The first kappa shape index (κ1) is 29.2. The van der Waals surface area contributed by atoms with E-state index in [4.69, 9.17) is 0 Å². The normalized spacial score (nSPS) is 11.7. The van der Waals surface area contributed by atoms with E-state index in [0.717, 1.165) is 17.0 Å². The number of nitrogens with one attached hydrogen (secondary N) is 1. The molecule has 4 rings (SSSR count). The maximum Gasteiger partial charge on any atom is 0.416 e. The Balaban J connectivity index is 0.00000228. The molecule has 0 aliphatic rings. The van der Waals surface area contributed by atoms with Gasteiger partial charge in [-0.3, -0.25) is 0 Å². The average Bonchev–Trinajstić information content (AvgIpc) is 3.16. The zero-order valence-electron chi connectivity index (χ0n) is 17.9. The van der Waals surface area contributed by atoms with Crippen molar-refractivity contribution in [1.29, 1.82) is 0 Å². The van der Waals surface area contributed by atoms with Crippen LogP contribution in [0.3, 0.4) is 0 Å². The molecule has 1 N–H and O–H groups in total.